The van der Waals surface area contributed by atoms with E-state index in [1.165, 1.54) is 12.2 Å². The van der Waals surface area contributed by atoms with Crippen LogP contribution in [0.4, 0.5) is 0 Å². The second-order valence-electron chi connectivity index (χ2n) is 1.95. The number of hydrogen-bond acceptors (Lipinski definition) is 3. The molecule has 0 spiro atoms. The molecule has 0 saturated heterocycles. The van der Waals surface area contributed by atoms with Crippen LogP contribution in [0.5, 0.6) is 0 Å². The number of quaternary nitrogens is 1. The topological polar surface area (TPSA) is 66.2 Å². The number of allylic oxidation sites excluding steroid dienone is 2. The van der Waals surface area contributed by atoms with Gasteiger partial charge in [-0.15, -0.1) is 0 Å². The zero-order chi connectivity index (χ0) is 7.61. The van der Waals surface area contributed by atoms with Gasteiger partial charge in [-0.05, 0) is 16.9 Å². The summed E-state index contributed by atoms with van der Waals surface area (Å²) in [4.78, 5) is 10.1. The van der Waals surface area contributed by atoms with Crippen LogP contribution in [0, 0.1) is 15.3 Å². The van der Waals surface area contributed by atoms with Crippen molar-refractivity contribution in [2.75, 3.05) is 6.54 Å². The van der Waals surface area contributed by atoms with Crippen molar-refractivity contribution < 1.29 is 9.79 Å². The monoisotopic (exact) mass is 142 g/mol. The Bertz CT molecular complexity index is 211. The van der Waals surface area contributed by atoms with E-state index in [2.05, 4.69) is 0 Å². The molecule has 0 N–H and O–H groups in total. The van der Waals surface area contributed by atoms with Crippen LogP contribution in [0.2, 0.25) is 0 Å². The minimum Gasteiger partial charge on any atom is -0.564 e. The van der Waals surface area contributed by atoms with Crippen molar-refractivity contribution in [3.63, 3.8) is 0 Å². The lowest BCUT2D eigenvalue weighted by molar-refractivity contribution is -1.26. The van der Waals surface area contributed by atoms with Gasteiger partial charge < -0.3 is 5.21 Å². The summed E-state index contributed by atoms with van der Waals surface area (Å²) in [6.07, 6.45) is 5.45. The average molecular weight is 142 g/mol. The summed E-state index contributed by atoms with van der Waals surface area (Å²) in [6.45, 7) is -0.122. The van der Waals surface area contributed by atoms with Gasteiger partial charge in [-0.3, -0.25) is 0 Å². The van der Waals surface area contributed by atoms with Gasteiger partial charge in [0.25, 0.3) is 0 Å². The highest BCUT2D eigenvalue weighted by Gasteiger charge is 2.26. The number of hydroxylamine groups is 2. The zero-order valence-corrected chi connectivity index (χ0v) is 5.14. The van der Waals surface area contributed by atoms with Gasteiger partial charge in [0.1, 0.15) is 0 Å². The van der Waals surface area contributed by atoms with E-state index in [0.29, 0.717) is 0 Å². The third-order valence-electron chi connectivity index (χ3n) is 1.21. The van der Waals surface area contributed by atoms with Crippen LogP contribution >= 0.6 is 0 Å². The first-order chi connectivity index (χ1) is 4.65. The van der Waals surface area contributed by atoms with Crippen LogP contribution in [0.25, 0.3) is 0 Å². The molecule has 54 valence electrons. The maximum atomic E-state index is 10.9. The van der Waals surface area contributed by atoms with Crippen molar-refractivity contribution in [2.24, 2.45) is 0 Å². The molecule has 0 aromatic rings. The largest absolute Gasteiger partial charge is 0.564 e. The summed E-state index contributed by atoms with van der Waals surface area (Å²) in [5, 5.41) is 20.1. The summed E-state index contributed by atoms with van der Waals surface area (Å²) in [7, 11) is 0. The summed E-state index contributed by atoms with van der Waals surface area (Å²) < 4.78 is -1.49. The molecule has 10 heavy (non-hydrogen) atoms. The standard InChI is InChI=1S/C5H6N2O3/c8-6(9)7(10)4-2-1-3-5-7/h1-4H,5H2. The smallest absolute Gasteiger partial charge is 0.243 e. The van der Waals surface area contributed by atoms with Gasteiger partial charge in [-0.2, -0.15) is 0 Å². The molecule has 0 radical (unpaired) electrons. The highest BCUT2D eigenvalue weighted by atomic mass is 16.8. The Labute approximate surface area is 57.2 Å². The summed E-state index contributed by atoms with van der Waals surface area (Å²) >= 11 is 0. The lowest BCUT2D eigenvalue weighted by Gasteiger charge is -2.24. The van der Waals surface area contributed by atoms with Crippen LogP contribution in [0.3, 0.4) is 0 Å². The Kier molecular flexibility index (Phi) is 1.52. The van der Waals surface area contributed by atoms with E-state index in [1.807, 2.05) is 0 Å². The number of hydrogen-bond donors (Lipinski definition) is 0. The summed E-state index contributed by atoms with van der Waals surface area (Å²) in [5.74, 6) is 0. The second kappa shape index (κ2) is 2.20. The third-order valence-corrected chi connectivity index (χ3v) is 1.21. The Balaban J connectivity index is 2.80. The summed E-state index contributed by atoms with van der Waals surface area (Å²) in [6, 6.07) is 0. The molecule has 1 rings (SSSR count). The van der Waals surface area contributed by atoms with Crippen LogP contribution in [-0.4, -0.2) is 16.3 Å². The van der Waals surface area contributed by atoms with Crippen LogP contribution in [0.15, 0.2) is 24.4 Å². The van der Waals surface area contributed by atoms with E-state index in [0.717, 1.165) is 6.20 Å². The minimum absolute atomic E-state index is 0.122. The second-order valence-corrected chi connectivity index (χ2v) is 1.95. The molecule has 0 aliphatic carbocycles. The van der Waals surface area contributed by atoms with Crippen molar-refractivity contribution >= 4 is 0 Å². The molecule has 0 aromatic heterocycles. The molecule has 0 aromatic carbocycles. The number of rotatable bonds is 1. The molecule has 0 bridgehead atoms. The fraction of sp³-hybridized carbons (Fsp3) is 0.200. The molecule has 0 amide bonds. The Morgan fingerprint density at radius 2 is 2.20 bits per heavy atom. The van der Waals surface area contributed by atoms with Gasteiger partial charge in [0.15, 0.2) is 12.7 Å². The lowest BCUT2D eigenvalue weighted by Crippen LogP contribution is -2.42. The summed E-state index contributed by atoms with van der Waals surface area (Å²) in [5.41, 5.74) is 0. The molecule has 1 atom stereocenters. The maximum Gasteiger partial charge on any atom is 0.243 e. The van der Waals surface area contributed by atoms with Crippen molar-refractivity contribution in [3.05, 3.63) is 39.7 Å². The van der Waals surface area contributed by atoms with E-state index >= 15 is 0 Å². The first kappa shape index (κ1) is 6.91. The molecule has 0 saturated carbocycles. The van der Waals surface area contributed by atoms with Crippen LogP contribution in [0.1, 0.15) is 0 Å². The first-order valence-corrected chi connectivity index (χ1v) is 2.73. The molecule has 5 nitrogen and oxygen atoms in total. The minimum atomic E-state index is -1.49. The van der Waals surface area contributed by atoms with Gasteiger partial charge in [0.2, 0.25) is 5.03 Å². The highest BCUT2D eigenvalue weighted by molar-refractivity contribution is 5.03. The Hall–Kier alpha value is -1.20. The van der Waals surface area contributed by atoms with Crippen molar-refractivity contribution in [2.45, 2.75) is 0 Å². The fourth-order valence-corrected chi connectivity index (χ4v) is 0.657. The Morgan fingerprint density at radius 1 is 1.50 bits per heavy atom. The molecule has 1 heterocycles. The fourth-order valence-electron chi connectivity index (χ4n) is 0.657. The zero-order valence-electron chi connectivity index (χ0n) is 5.14. The van der Waals surface area contributed by atoms with Crippen molar-refractivity contribution in [1.29, 1.82) is 0 Å². The van der Waals surface area contributed by atoms with Gasteiger partial charge in [-0.25, -0.2) is 10.1 Å². The average Bonchev–Trinajstić information content (AvgIpc) is 1.89. The van der Waals surface area contributed by atoms with Crippen molar-refractivity contribution in [3.8, 4) is 0 Å². The van der Waals surface area contributed by atoms with E-state index in [9.17, 15) is 15.3 Å². The Morgan fingerprint density at radius 3 is 2.50 bits per heavy atom. The number of nitro groups is 1. The van der Waals surface area contributed by atoms with E-state index in [-0.39, 0.29) is 6.54 Å². The maximum absolute atomic E-state index is 10.9. The van der Waals surface area contributed by atoms with Gasteiger partial charge >= 0.3 is 0 Å². The first-order valence-electron chi connectivity index (χ1n) is 2.73. The molecular weight excluding hydrogens is 136 g/mol. The van der Waals surface area contributed by atoms with E-state index < -0.39 is 9.79 Å². The SMILES string of the molecule is O=[N+]([O-])[N+]1([O-])C=CC=CC1. The van der Waals surface area contributed by atoms with Gasteiger partial charge in [0, 0.05) is 0 Å². The highest BCUT2D eigenvalue weighted by Crippen LogP contribution is 2.09. The molecule has 1 aliphatic rings. The van der Waals surface area contributed by atoms with Crippen LogP contribution in [-0.2, 0) is 0 Å². The molecule has 5 heteroatoms. The molecule has 1 unspecified atom stereocenters. The third kappa shape index (κ3) is 1.04. The van der Waals surface area contributed by atoms with Crippen molar-refractivity contribution in [1.82, 2.24) is 0 Å². The van der Waals surface area contributed by atoms with Gasteiger partial charge in [-0.1, -0.05) is 6.08 Å². The van der Waals surface area contributed by atoms with E-state index in [1.54, 1.807) is 6.08 Å². The lowest BCUT2D eigenvalue weighted by atomic mass is 10.4. The molecular formula is C5H6N2O3. The van der Waals surface area contributed by atoms with E-state index in [4.69, 9.17) is 0 Å². The molecule has 0 fully saturated rings. The normalized spacial score (nSPS) is 30.5. The van der Waals surface area contributed by atoms with Gasteiger partial charge in [0.05, 0.1) is 0 Å². The predicted molar refractivity (Wildman–Crippen MR) is 33.8 cm³/mol. The molecule has 1 aliphatic heterocycles. The van der Waals surface area contributed by atoms with Crippen LogP contribution < -0.4 is 0 Å². The quantitative estimate of drug-likeness (QED) is 0.233. The predicted octanol–water partition coefficient (Wildman–Crippen LogP) is 0.576. The number of nitrogens with zero attached hydrogens (tertiary/aromatic N) is 2.